The van der Waals surface area contributed by atoms with Crippen LogP contribution in [0.25, 0.3) is 10.2 Å². The number of amides is 1. The van der Waals surface area contributed by atoms with Crippen LogP contribution in [-0.4, -0.2) is 27.3 Å². The van der Waals surface area contributed by atoms with Crippen molar-refractivity contribution in [3.05, 3.63) is 58.9 Å². The van der Waals surface area contributed by atoms with Gasteiger partial charge in [0.15, 0.2) is 0 Å². The first-order valence-corrected chi connectivity index (χ1v) is 8.63. The number of rotatable bonds is 2. The number of para-hydroxylation sites is 1. The second-order valence-corrected chi connectivity index (χ2v) is 6.93. The Bertz CT molecular complexity index is 823. The number of carbonyl (C=O) groups is 1. The molecule has 1 aromatic carbocycles. The molecule has 5 heteroatoms. The van der Waals surface area contributed by atoms with Gasteiger partial charge in [0, 0.05) is 18.4 Å². The van der Waals surface area contributed by atoms with Gasteiger partial charge in [0.2, 0.25) is 0 Å². The number of aromatic nitrogens is 2. The maximum Gasteiger partial charge on any atom is 0.256 e. The lowest BCUT2D eigenvalue weighted by Crippen LogP contribution is -2.30. The van der Waals surface area contributed by atoms with E-state index in [1.54, 1.807) is 17.5 Å². The van der Waals surface area contributed by atoms with Crippen molar-refractivity contribution in [1.82, 2.24) is 14.9 Å². The van der Waals surface area contributed by atoms with Crippen molar-refractivity contribution in [1.29, 1.82) is 0 Å². The van der Waals surface area contributed by atoms with Gasteiger partial charge >= 0.3 is 0 Å². The molecular weight excluding hydrogens is 306 g/mol. The Morgan fingerprint density at radius 1 is 1.26 bits per heavy atom. The van der Waals surface area contributed by atoms with E-state index >= 15 is 0 Å². The highest BCUT2D eigenvalue weighted by molar-refractivity contribution is 7.18. The molecule has 2 aromatic heterocycles. The van der Waals surface area contributed by atoms with Crippen molar-refractivity contribution in [2.45, 2.75) is 25.8 Å². The third kappa shape index (κ3) is 2.61. The van der Waals surface area contributed by atoms with E-state index in [1.165, 1.54) is 4.70 Å². The van der Waals surface area contributed by atoms with Crippen LogP contribution in [0.4, 0.5) is 0 Å². The number of likely N-dealkylation sites (tertiary alicyclic amines) is 1. The fraction of sp³-hybridized carbons (Fsp3) is 0.278. The van der Waals surface area contributed by atoms with E-state index in [4.69, 9.17) is 4.98 Å². The van der Waals surface area contributed by atoms with Gasteiger partial charge in [0.05, 0.1) is 21.8 Å². The summed E-state index contributed by atoms with van der Waals surface area (Å²) in [6, 6.07) is 12.0. The van der Waals surface area contributed by atoms with E-state index < -0.39 is 0 Å². The minimum Gasteiger partial charge on any atom is -0.329 e. The Morgan fingerprint density at radius 3 is 2.91 bits per heavy atom. The molecule has 0 N–H and O–H groups in total. The minimum absolute atomic E-state index is 0.0549. The molecule has 1 amide bonds. The van der Waals surface area contributed by atoms with Crippen molar-refractivity contribution < 1.29 is 4.79 Å². The minimum atomic E-state index is 0.0549. The zero-order valence-corrected chi connectivity index (χ0v) is 13.7. The second kappa shape index (κ2) is 5.74. The normalized spacial score (nSPS) is 17.8. The van der Waals surface area contributed by atoms with E-state index in [-0.39, 0.29) is 11.9 Å². The summed E-state index contributed by atoms with van der Waals surface area (Å²) in [5, 5.41) is 1.04. The lowest BCUT2D eigenvalue weighted by Gasteiger charge is -2.23. The molecule has 0 radical (unpaired) electrons. The maximum absolute atomic E-state index is 12.8. The molecule has 4 rings (SSSR count). The quantitative estimate of drug-likeness (QED) is 0.716. The summed E-state index contributed by atoms with van der Waals surface area (Å²) in [4.78, 5) is 23.8. The van der Waals surface area contributed by atoms with Gasteiger partial charge in [-0.3, -0.25) is 9.78 Å². The summed E-state index contributed by atoms with van der Waals surface area (Å²) in [6.07, 6.45) is 3.67. The van der Waals surface area contributed by atoms with E-state index in [1.807, 2.05) is 42.2 Å². The first-order chi connectivity index (χ1) is 11.2. The van der Waals surface area contributed by atoms with Gasteiger partial charge in [-0.1, -0.05) is 12.1 Å². The molecule has 1 fully saturated rings. The Labute approximate surface area is 138 Å². The fourth-order valence-corrected chi connectivity index (χ4v) is 4.17. The van der Waals surface area contributed by atoms with Crippen molar-refractivity contribution >= 4 is 27.5 Å². The summed E-state index contributed by atoms with van der Waals surface area (Å²) in [5.41, 5.74) is 2.60. The molecule has 4 nitrogen and oxygen atoms in total. The van der Waals surface area contributed by atoms with E-state index in [0.717, 1.165) is 35.6 Å². The van der Waals surface area contributed by atoms with Crippen LogP contribution in [-0.2, 0) is 0 Å². The summed E-state index contributed by atoms with van der Waals surface area (Å²) in [6.45, 7) is 2.71. The highest BCUT2D eigenvalue weighted by atomic mass is 32.1. The lowest BCUT2D eigenvalue weighted by molar-refractivity contribution is 0.0735. The topological polar surface area (TPSA) is 46.1 Å². The Morgan fingerprint density at radius 2 is 2.13 bits per heavy atom. The Kier molecular flexibility index (Phi) is 3.58. The van der Waals surface area contributed by atoms with Crippen LogP contribution in [0.15, 0.2) is 42.6 Å². The van der Waals surface area contributed by atoms with Crippen LogP contribution < -0.4 is 0 Å². The van der Waals surface area contributed by atoms with Gasteiger partial charge in [-0.05, 0) is 44.0 Å². The zero-order valence-electron chi connectivity index (χ0n) is 12.9. The average Bonchev–Trinajstić information content (AvgIpc) is 3.21. The third-order valence-electron chi connectivity index (χ3n) is 4.27. The van der Waals surface area contributed by atoms with Crippen LogP contribution in [0.2, 0.25) is 0 Å². The molecule has 1 aliphatic rings. The van der Waals surface area contributed by atoms with E-state index in [9.17, 15) is 4.79 Å². The van der Waals surface area contributed by atoms with Crippen LogP contribution in [0.1, 0.15) is 39.9 Å². The van der Waals surface area contributed by atoms with Crippen LogP contribution in [0, 0.1) is 6.92 Å². The molecular formula is C18H17N3OS. The van der Waals surface area contributed by atoms with E-state index in [0.29, 0.717) is 5.56 Å². The monoisotopic (exact) mass is 323 g/mol. The SMILES string of the molecule is Cc1ccc(C(=O)N2CCCC2c2nc3ccccc3s2)cn1. The smallest absolute Gasteiger partial charge is 0.256 e. The molecule has 0 bridgehead atoms. The molecule has 1 atom stereocenters. The maximum atomic E-state index is 12.8. The van der Waals surface area contributed by atoms with Crippen LogP contribution in [0.3, 0.4) is 0 Å². The largest absolute Gasteiger partial charge is 0.329 e. The van der Waals surface area contributed by atoms with Gasteiger partial charge in [-0.25, -0.2) is 4.98 Å². The highest BCUT2D eigenvalue weighted by Gasteiger charge is 2.32. The van der Waals surface area contributed by atoms with Gasteiger partial charge in [0.25, 0.3) is 5.91 Å². The number of pyridine rings is 1. The van der Waals surface area contributed by atoms with Gasteiger partial charge in [-0.2, -0.15) is 0 Å². The predicted molar refractivity (Wildman–Crippen MR) is 91.6 cm³/mol. The van der Waals surface area contributed by atoms with E-state index in [2.05, 4.69) is 11.1 Å². The number of nitrogens with zero attached hydrogens (tertiary/aromatic N) is 3. The molecule has 1 saturated heterocycles. The predicted octanol–water partition coefficient (Wildman–Crippen LogP) is 3.98. The van der Waals surface area contributed by atoms with Crippen molar-refractivity contribution in [3.8, 4) is 0 Å². The number of aryl methyl sites for hydroxylation is 1. The molecule has 1 unspecified atom stereocenters. The third-order valence-corrected chi connectivity index (χ3v) is 5.41. The fourth-order valence-electron chi connectivity index (χ4n) is 3.06. The molecule has 1 aliphatic heterocycles. The first-order valence-electron chi connectivity index (χ1n) is 7.81. The molecule has 116 valence electrons. The summed E-state index contributed by atoms with van der Waals surface area (Å²) in [7, 11) is 0. The van der Waals surface area contributed by atoms with Gasteiger partial charge < -0.3 is 4.90 Å². The number of hydrogen-bond donors (Lipinski definition) is 0. The standard InChI is InChI=1S/C18H17N3OS/c1-12-8-9-13(11-19-12)18(22)21-10-4-6-15(21)17-20-14-5-2-3-7-16(14)23-17/h2-3,5,7-9,11,15H,4,6,10H2,1H3. The summed E-state index contributed by atoms with van der Waals surface area (Å²) in [5.74, 6) is 0.0549. The number of carbonyl (C=O) groups excluding carboxylic acids is 1. The van der Waals surface area contributed by atoms with Crippen molar-refractivity contribution in [2.24, 2.45) is 0 Å². The summed E-state index contributed by atoms with van der Waals surface area (Å²) < 4.78 is 1.18. The number of thiazole rings is 1. The molecule has 0 aliphatic carbocycles. The number of benzene rings is 1. The van der Waals surface area contributed by atoms with Crippen LogP contribution in [0.5, 0.6) is 0 Å². The first kappa shape index (κ1) is 14.3. The lowest BCUT2D eigenvalue weighted by atomic mass is 10.2. The summed E-state index contributed by atoms with van der Waals surface area (Å²) >= 11 is 1.69. The molecule has 0 saturated carbocycles. The Balaban J connectivity index is 1.65. The van der Waals surface area contributed by atoms with Gasteiger partial charge in [0.1, 0.15) is 5.01 Å². The highest BCUT2D eigenvalue weighted by Crippen LogP contribution is 2.37. The molecule has 3 heterocycles. The zero-order chi connectivity index (χ0) is 15.8. The van der Waals surface area contributed by atoms with Crippen LogP contribution >= 0.6 is 11.3 Å². The van der Waals surface area contributed by atoms with Gasteiger partial charge in [-0.15, -0.1) is 11.3 Å². The molecule has 23 heavy (non-hydrogen) atoms. The average molecular weight is 323 g/mol. The Hall–Kier alpha value is -2.27. The second-order valence-electron chi connectivity index (χ2n) is 5.86. The van der Waals surface area contributed by atoms with Crippen molar-refractivity contribution in [2.75, 3.05) is 6.54 Å². The number of fused-ring (bicyclic) bond motifs is 1. The molecule has 0 spiro atoms. The molecule has 3 aromatic rings. The van der Waals surface area contributed by atoms with Crippen molar-refractivity contribution in [3.63, 3.8) is 0 Å². The number of hydrogen-bond acceptors (Lipinski definition) is 4.